The highest BCUT2D eigenvalue weighted by atomic mass is 16.5. The second-order valence-corrected chi connectivity index (χ2v) is 7.09. The second-order valence-electron chi connectivity index (χ2n) is 7.09. The van der Waals surface area contributed by atoms with Crippen LogP contribution in [-0.2, 0) is 6.42 Å². The summed E-state index contributed by atoms with van der Waals surface area (Å²) in [5.41, 5.74) is 4.02. The largest absolute Gasteiger partial charge is 0.496 e. The van der Waals surface area contributed by atoms with Crippen LogP contribution < -0.4 is 10.1 Å². The first-order valence-corrected chi connectivity index (χ1v) is 8.36. The van der Waals surface area contributed by atoms with E-state index in [-0.39, 0.29) is 0 Å². The highest BCUT2D eigenvalue weighted by Crippen LogP contribution is 2.42. The van der Waals surface area contributed by atoms with Crippen molar-refractivity contribution in [2.24, 2.45) is 5.41 Å². The Kier molecular flexibility index (Phi) is 4.21. The fourth-order valence-corrected chi connectivity index (χ4v) is 3.79. The monoisotopic (exact) mass is 288 g/mol. The number of ether oxygens (including phenoxy) is 1. The molecule has 116 valence electrons. The van der Waals surface area contributed by atoms with Gasteiger partial charge in [0.15, 0.2) is 0 Å². The summed E-state index contributed by atoms with van der Waals surface area (Å²) < 4.78 is 5.57. The maximum Gasteiger partial charge on any atom is 0.128 e. The van der Waals surface area contributed by atoms with Gasteiger partial charge in [-0.25, -0.2) is 0 Å². The summed E-state index contributed by atoms with van der Waals surface area (Å²) in [6, 6.07) is 0.795. The lowest BCUT2D eigenvalue weighted by atomic mass is 9.80. The van der Waals surface area contributed by atoms with Crippen LogP contribution in [0.15, 0.2) is 6.20 Å². The SMILES string of the molecule is COc1c(C)cnc(CC2(CNC3CC3)CCCC2)c1C. The quantitative estimate of drug-likeness (QED) is 0.869. The average Bonchev–Trinajstić information content (AvgIpc) is 3.20. The Labute approximate surface area is 128 Å². The fraction of sp³-hybridized carbons (Fsp3) is 0.722. The molecular weight excluding hydrogens is 260 g/mol. The molecule has 3 nitrogen and oxygen atoms in total. The Morgan fingerprint density at radius 1 is 1.29 bits per heavy atom. The van der Waals surface area contributed by atoms with Crippen molar-refractivity contribution in [1.29, 1.82) is 0 Å². The highest BCUT2D eigenvalue weighted by Gasteiger charge is 2.36. The van der Waals surface area contributed by atoms with Gasteiger partial charge < -0.3 is 10.1 Å². The van der Waals surface area contributed by atoms with Gasteiger partial charge in [-0.05, 0) is 51.4 Å². The molecule has 2 fully saturated rings. The van der Waals surface area contributed by atoms with Gasteiger partial charge in [-0.1, -0.05) is 12.8 Å². The Balaban J connectivity index is 1.78. The van der Waals surface area contributed by atoms with E-state index < -0.39 is 0 Å². The van der Waals surface area contributed by atoms with Gasteiger partial charge in [0.1, 0.15) is 5.75 Å². The normalized spacial score (nSPS) is 20.7. The van der Waals surface area contributed by atoms with Crippen LogP contribution in [0.2, 0.25) is 0 Å². The first-order valence-electron chi connectivity index (χ1n) is 8.36. The van der Waals surface area contributed by atoms with Crippen molar-refractivity contribution in [2.45, 2.75) is 64.8 Å². The number of hydrogen-bond donors (Lipinski definition) is 1. The van der Waals surface area contributed by atoms with Crippen molar-refractivity contribution < 1.29 is 4.74 Å². The molecule has 0 unspecified atom stereocenters. The molecule has 0 radical (unpaired) electrons. The van der Waals surface area contributed by atoms with E-state index in [0.717, 1.165) is 30.3 Å². The predicted octanol–water partition coefficient (Wildman–Crippen LogP) is 3.56. The van der Waals surface area contributed by atoms with Crippen molar-refractivity contribution in [1.82, 2.24) is 10.3 Å². The standard InChI is InChI=1S/C18H28N2O/c1-13-11-19-16(14(2)17(13)21-3)10-18(8-4-5-9-18)12-20-15-6-7-15/h11,15,20H,4-10,12H2,1-3H3. The maximum absolute atomic E-state index is 5.57. The van der Waals surface area contributed by atoms with Gasteiger partial charge in [0.2, 0.25) is 0 Å². The first kappa shape index (κ1) is 14.8. The van der Waals surface area contributed by atoms with Crippen LogP contribution in [0.1, 0.15) is 55.3 Å². The molecule has 21 heavy (non-hydrogen) atoms. The highest BCUT2D eigenvalue weighted by molar-refractivity contribution is 5.41. The molecule has 0 atom stereocenters. The molecule has 2 aliphatic carbocycles. The molecular formula is C18H28N2O. The lowest BCUT2D eigenvalue weighted by Crippen LogP contribution is -2.35. The van der Waals surface area contributed by atoms with Gasteiger partial charge in [0, 0.05) is 35.6 Å². The van der Waals surface area contributed by atoms with Gasteiger partial charge in [-0.15, -0.1) is 0 Å². The zero-order valence-corrected chi connectivity index (χ0v) is 13.7. The van der Waals surface area contributed by atoms with E-state index in [1.807, 2.05) is 6.20 Å². The fourth-order valence-electron chi connectivity index (χ4n) is 3.79. The Morgan fingerprint density at radius 3 is 2.62 bits per heavy atom. The van der Waals surface area contributed by atoms with Gasteiger partial charge in [-0.3, -0.25) is 4.98 Å². The number of pyridine rings is 1. The minimum Gasteiger partial charge on any atom is -0.496 e. The van der Waals surface area contributed by atoms with Crippen molar-refractivity contribution >= 4 is 0 Å². The molecule has 0 bridgehead atoms. The van der Waals surface area contributed by atoms with Crippen LogP contribution in [-0.4, -0.2) is 24.7 Å². The molecule has 0 amide bonds. The zero-order chi connectivity index (χ0) is 14.9. The summed E-state index contributed by atoms with van der Waals surface area (Å²) >= 11 is 0. The predicted molar refractivity (Wildman–Crippen MR) is 85.9 cm³/mol. The van der Waals surface area contributed by atoms with E-state index in [0.29, 0.717) is 5.41 Å². The average molecular weight is 288 g/mol. The van der Waals surface area contributed by atoms with Crippen molar-refractivity contribution in [2.75, 3.05) is 13.7 Å². The smallest absolute Gasteiger partial charge is 0.128 e. The number of hydrogen-bond acceptors (Lipinski definition) is 3. The third-order valence-electron chi connectivity index (χ3n) is 5.30. The van der Waals surface area contributed by atoms with Gasteiger partial charge in [0.05, 0.1) is 7.11 Å². The molecule has 3 rings (SSSR count). The molecule has 3 heteroatoms. The molecule has 1 N–H and O–H groups in total. The minimum absolute atomic E-state index is 0.417. The lowest BCUT2D eigenvalue weighted by molar-refractivity contribution is 0.273. The lowest BCUT2D eigenvalue weighted by Gasteiger charge is -2.30. The van der Waals surface area contributed by atoms with Crippen LogP contribution >= 0.6 is 0 Å². The van der Waals surface area contributed by atoms with Crippen LogP contribution in [0.5, 0.6) is 5.75 Å². The summed E-state index contributed by atoms with van der Waals surface area (Å²) in [7, 11) is 1.76. The van der Waals surface area contributed by atoms with Gasteiger partial charge in [-0.2, -0.15) is 0 Å². The van der Waals surface area contributed by atoms with Crippen LogP contribution in [0.25, 0.3) is 0 Å². The molecule has 0 aromatic carbocycles. The topological polar surface area (TPSA) is 34.1 Å². The molecule has 1 aromatic heterocycles. The van der Waals surface area contributed by atoms with Crippen molar-refractivity contribution in [3.8, 4) is 5.75 Å². The van der Waals surface area contributed by atoms with E-state index in [1.54, 1.807) is 7.11 Å². The third kappa shape index (κ3) is 3.23. The molecule has 0 spiro atoms. The van der Waals surface area contributed by atoms with Gasteiger partial charge >= 0.3 is 0 Å². The van der Waals surface area contributed by atoms with E-state index >= 15 is 0 Å². The Morgan fingerprint density at radius 2 is 2.00 bits per heavy atom. The number of nitrogens with one attached hydrogen (secondary N) is 1. The van der Waals surface area contributed by atoms with Crippen LogP contribution in [0, 0.1) is 19.3 Å². The number of methoxy groups -OCH3 is 1. The van der Waals surface area contributed by atoms with Crippen molar-refractivity contribution in [3.05, 3.63) is 23.0 Å². The molecule has 1 heterocycles. The summed E-state index contributed by atoms with van der Waals surface area (Å²) in [6.07, 6.45) is 11.2. The summed E-state index contributed by atoms with van der Waals surface area (Å²) in [6.45, 7) is 5.39. The van der Waals surface area contributed by atoms with E-state index in [1.165, 1.54) is 49.8 Å². The third-order valence-corrected chi connectivity index (χ3v) is 5.30. The first-order chi connectivity index (χ1) is 10.1. The molecule has 0 aliphatic heterocycles. The summed E-state index contributed by atoms with van der Waals surface area (Å²) in [5.74, 6) is 1.02. The van der Waals surface area contributed by atoms with Crippen molar-refractivity contribution in [3.63, 3.8) is 0 Å². The zero-order valence-electron chi connectivity index (χ0n) is 13.7. The molecule has 1 aromatic rings. The van der Waals surface area contributed by atoms with E-state index in [2.05, 4.69) is 19.2 Å². The number of nitrogens with zero attached hydrogens (tertiary/aromatic N) is 1. The van der Waals surface area contributed by atoms with E-state index in [9.17, 15) is 0 Å². The minimum atomic E-state index is 0.417. The number of aromatic nitrogens is 1. The molecule has 2 saturated carbocycles. The number of rotatable bonds is 6. The number of aryl methyl sites for hydroxylation is 1. The second kappa shape index (κ2) is 5.96. The summed E-state index contributed by atoms with van der Waals surface area (Å²) in [5, 5.41) is 3.76. The van der Waals surface area contributed by atoms with E-state index in [4.69, 9.17) is 9.72 Å². The van der Waals surface area contributed by atoms with Crippen LogP contribution in [0.3, 0.4) is 0 Å². The maximum atomic E-state index is 5.57. The van der Waals surface area contributed by atoms with Crippen LogP contribution in [0.4, 0.5) is 0 Å². The summed E-state index contributed by atoms with van der Waals surface area (Å²) in [4.78, 5) is 4.73. The Bertz CT molecular complexity index is 502. The van der Waals surface area contributed by atoms with Gasteiger partial charge in [0.25, 0.3) is 0 Å². The Hall–Kier alpha value is -1.09. The molecule has 2 aliphatic rings. The molecule has 0 saturated heterocycles.